The first-order valence-electron chi connectivity index (χ1n) is 10.7. The van der Waals surface area contributed by atoms with Crippen LogP contribution in [0.5, 0.6) is 0 Å². The molecule has 0 atom stereocenters. The Labute approximate surface area is 174 Å². The third-order valence-electron chi connectivity index (χ3n) is 6.15. The van der Waals surface area contributed by atoms with Crippen LogP contribution in [0.2, 0.25) is 0 Å². The molecule has 0 unspecified atom stereocenters. The van der Waals surface area contributed by atoms with E-state index in [-0.39, 0.29) is 0 Å². The predicted molar refractivity (Wildman–Crippen MR) is 121 cm³/mol. The second-order valence-electron chi connectivity index (χ2n) is 8.14. The number of aromatic amines is 1. The molecule has 4 heterocycles. The topological polar surface area (TPSA) is 57.7 Å². The van der Waals surface area contributed by atoms with E-state index in [0.29, 0.717) is 0 Å². The number of likely N-dealkylation sites (tertiary alicyclic amines) is 1. The smallest absolute Gasteiger partial charge is 0.138 e. The third kappa shape index (κ3) is 2.94. The van der Waals surface area contributed by atoms with Crippen molar-refractivity contribution in [3.8, 4) is 11.4 Å². The number of rotatable bonds is 3. The van der Waals surface area contributed by atoms with Gasteiger partial charge < -0.3 is 4.98 Å². The molecule has 0 aliphatic carbocycles. The van der Waals surface area contributed by atoms with Crippen LogP contribution in [-0.4, -0.2) is 37.9 Å². The van der Waals surface area contributed by atoms with E-state index < -0.39 is 0 Å². The number of hydrogen-bond acceptors (Lipinski definition) is 4. The van der Waals surface area contributed by atoms with Gasteiger partial charge in [-0.1, -0.05) is 30.7 Å². The van der Waals surface area contributed by atoms with Gasteiger partial charge in [-0.2, -0.15) is 0 Å². The van der Waals surface area contributed by atoms with Crippen LogP contribution in [0.3, 0.4) is 0 Å². The van der Waals surface area contributed by atoms with Crippen molar-refractivity contribution >= 4 is 32.8 Å². The summed E-state index contributed by atoms with van der Waals surface area (Å²) in [7, 11) is 0. The highest BCUT2D eigenvalue weighted by Gasteiger charge is 2.15. The zero-order valence-corrected chi connectivity index (χ0v) is 16.8. The van der Waals surface area contributed by atoms with E-state index >= 15 is 0 Å². The summed E-state index contributed by atoms with van der Waals surface area (Å²) < 4.78 is 0. The molecule has 1 fully saturated rings. The van der Waals surface area contributed by atoms with Crippen molar-refractivity contribution in [2.75, 3.05) is 13.1 Å². The zero-order valence-electron chi connectivity index (χ0n) is 16.8. The quantitative estimate of drug-likeness (QED) is 0.422. The Morgan fingerprint density at radius 2 is 1.47 bits per heavy atom. The van der Waals surface area contributed by atoms with Crippen LogP contribution in [0.25, 0.3) is 44.2 Å². The van der Waals surface area contributed by atoms with Crippen LogP contribution >= 0.6 is 0 Å². The van der Waals surface area contributed by atoms with Gasteiger partial charge in [0.05, 0.1) is 22.1 Å². The Morgan fingerprint density at radius 3 is 2.23 bits per heavy atom. The molecule has 1 aliphatic heterocycles. The lowest BCUT2D eigenvalue weighted by Crippen LogP contribution is -2.28. The van der Waals surface area contributed by atoms with E-state index in [4.69, 9.17) is 4.98 Å². The first-order valence-corrected chi connectivity index (χ1v) is 10.7. The highest BCUT2D eigenvalue weighted by Crippen LogP contribution is 2.33. The maximum absolute atomic E-state index is 4.97. The number of pyridine rings is 2. The van der Waals surface area contributed by atoms with Crippen LogP contribution < -0.4 is 0 Å². The average Bonchev–Trinajstić information content (AvgIpc) is 3.26. The van der Waals surface area contributed by atoms with Crippen molar-refractivity contribution in [1.82, 2.24) is 24.8 Å². The Morgan fingerprint density at radius 1 is 0.767 bits per heavy atom. The molecule has 1 N–H and O–H groups in total. The molecule has 6 rings (SSSR count). The molecule has 5 nitrogen and oxygen atoms in total. The predicted octanol–water partition coefficient (Wildman–Crippen LogP) is 5.31. The number of fused-ring (bicyclic) bond motifs is 6. The molecule has 0 saturated carbocycles. The monoisotopic (exact) mass is 393 g/mol. The molecule has 0 bridgehead atoms. The number of aromatic nitrogens is 4. The second kappa shape index (κ2) is 7.18. The normalized spacial score (nSPS) is 15.3. The number of imidazole rings is 1. The Kier molecular flexibility index (Phi) is 4.20. The summed E-state index contributed by atoms with van der Waals surface area (Å²) in [4.78, 5) is 20.3. The van der Waals surface area contributed by atoms with Crippen LogP contribution in [0, 0.1) is 0 Å². The molecule has 1 saturated heterocycles. The Balaban J connectivity index is 1.43. The van der Waals surface area contributed by atoms with E-state index in [2.05, 4.69) is 56.3 Å². The molecular formula is C25H23N5. The molecule has 0 spiro atoms. The van der Waals surface area contributed by atoms with Gasteiger partial charge in [0.2, 0.25) is 0 Å². The van der Waals surface area contributed by atoms with E-state index in [1.807, 2.05) is 24.5 Å². The average molecular weight is 393 g/mol. The van der Waals surface area contributed by atoms with Crippen molar-refractivity contribution in [3.63, 3.8) is 0 Å². The SMILES string of the molecule is c1cnc2c(c1)c1nc(-c3ccc(CN4CCCCC4)cc3)[nH]c1c1cccnc12. The zero-order chi connectivity index (χ0) is 19.9. The molecule has 5 aromatic rings. The first kappa shape index (κ1) is 17.5. The molecule has 0 amide bonds. The van der Waals surface area contributed by atoms with E-state index in [9.17, 15) is 0 Å². The summed E-state index contributed by atoms with van der Waals surface area (Å²) in [6, 6.07) is 16.9. The van der Waals surface area contributed by atoms with Gasteiger partial charge >= 0.3 is 0 Å². The third-order valence-corrected chi connectivity index (χ3v) is 6.15. The number of hydrogen-bond donors (Lipinski definition) is 1. The maximum Gasteiger partial charge on any atom is 0.138 e. The lowest BCUT2D eigenvalue weighted by Gasteiger charge is -2.26. The van der Waals surface area contributed by atoms with Crippen molar-refractivity contribution in [2.45, 2.75) is 25.8 Å². The van der Waals surface area contributed by atoms with Crippen molar-refractivity contribution < 1.29 is 0 Å². The van der Waals surface area contributed by atoms with Gasteiger partial charge in [0, 0.05) is 35.3 Å². The maximum atomic E-state index is 4.97. The van der Waals surface area contributed by atoms with E-state index in [0.717, 1.165) is 50.8 Å². The largest absolute Gasteiger partial charge is 0.337 e. The Bertz CT molecular complexity index is 1270. The van der Waals surface area contributed by atoms with E-state index in [1.54, 1.807) is 0 Å². The van der Waals surface area contributed by atoms with Gasteiger partial charge in [-0.05, 0) is 55.8 Å². The highest BCUT2D eigenvalue weighted by atomic mass is 15.1. The fraction of sp³-hybridized carbons (Fsp3) is 0.240. The van der Waals surface area contributed by atoms with Crippen molar-refractivity contribution in [3.05, 3.63) is 66.5 Å². The molecule has 2 aromatic carbocycles. The van der Waals surface area contributed by atoms with Gasteiger partial charge in [-0.3, -0.25) is 14.9 Å². The van der Waals surface area contributed by atoms with E-state index in [1.165, 1.54) is 37.9 Å². The van der Waals surface area contributed by atoms with Gasteiger partial charge in [-0.25, -0.2) is 4.98 Å². The van der Waals surface area contributed by atoms with Gasteiger partial charge in [0.25, 0.3) is 0 Å². The van der Waals surface area contributed by atoms with Crippen LogP contribution in [-0.2, 0) is 6.54 Å². The summed E-state index contributed by atoms with van der Waals surface area (Å²) in [5.74, 6) is 0.885. The van der Waals surface area contributed by atoms with Crippen molar-refractivity contribution in [2.24, 2.45) is 0 Å². The lowest BCUT2D eigenvalue weighted by molar-refractivity contribution is 0.221. The number of piperidine rings is 1. The minimum Gasteiger partial charge on any atom is -0.337 e. The molecule has 5 heteroatoms. The fourth-order valence-corrected chi connectivity index (χ4v) is 4.62. The standard InChI is InChI=1S/C25H23N5/c1-2-14-30(15-3-1)16-17-8-10-18(11-9-17)25-28-23-19-6-4-12-26-21(19)22-20(24(23)29-25)7-5-13-27-22/h4-13H,1-3,14-16H2,(H,28,29). The van der Waals surface area contributed by atoms with Gasteiger partial charge in [0.15, 0.2) is 0 Å². The summed E-state index contributed by atoms with van der Waals surface area (Å²) >= 11 is 0. The molecular weight excluding hydrogens is 370 g/mol. The Hall–Kier alpha value is -3.31. The van der Waals surface area contributed by atoms with Crippen molar-refractivity contribution in [1.29, 1.82) is 0 Å². The van der Waals surface area contributed by atoms with Gasteiger partial charge in [0.1, 0.15) is 5.82 Å². The van der Waals surface area contributed by atoms with Crippen LogP contribution in [0.4, 0.5) is 0 Å². The van der Waals surface area contributed by atoms with Crippen LogP contribution in [0.1, 0.15) is 24.8 Å². The molecule has 30 heavy (non-hydrogen) atoms. The molecule has 3 aromatic heterocycles. The molecule has 148 valence electrons. The summed E-state index contributed by atoms with van der Waals surface area (Å²) in [5, 5.41) is 2.09. The number of nitrogens with zero attached hydrogens (tertiary/aromatic N) is 4. The number of benzene rings is 2. The van der Waals surface area contributed by atoms with Gasteiger partial charge in [-0.15, -0.1) is 0 Å². The van der Waals surface area contributed by atoms with Crippen LogP contribution in [0.15, 0.2) is 60.9 Å². The fourth-order valence-electron chi connectivity index (χ4n) is 4.62. The first-order chi connectivity index (χ1) is 14.9. The lowest BCUT2D eigenvalue weighted by atomic mass is 10.1. The summed E-state index contributed by atoms with van der Waals surface area (Å²) in [6.07, 6.45) is 7.65. The number of H-pyrrole nitrogens is 1. The molecule has 1 aliphatic rings. The second-order valence-corrected chi connectivity index (χ2v) is 8.14. The number of nitrogens with one attached hydrogen (secondary N) is 1. The summed E-state index contributed by atoms with van der Waals surface area (Å²) in [6.45, 7) is 3.47. The minimum absolute atomic E-state index is 0.885. The molecule has 0 radical (unpaired) electrons. The highest BCUT2D eigenvalue weighted by molar-refractivity contribution is 6.20. The minimum atomic E-state index is 0.885. The summed E-state index contributed by atoms with van der Waals surface area (Å²) in [5.41, 5.74) is 6.24.